The Balaban J connectivity index is 3.70. The number of hydrogen-bond donors (Lipinski definition) is 0. The lowest BCUT2D eigenvalue weighted by Crippen LogP contribution is -2.06. The highest BCUT2D eigenvalue weighted by molar-refractivity contribution is 6.02. The number of hydrogen-bond acceptors (Lipinski definition) is 5. The predicted molar refractivity (Wildman–Crippen MR) is 54.5 cm³/mol. The summed E-state index contributed by atoms with van der Waals surface area (Å²) < 4.78 is 0. The molecule has 0 saturated heterocycles. The SMILES string of the molecule is CC(=O)c1c([N+](=O)[O-])ccc(C)c1[N+](=O)[O-]. The van der Waals surface area contributed by atoms with E-state index in [1.165, 1.54) is 13.0 Å². The molecule has 0 heterocycles. The third-order valence-corrected chi connectivity index (χ3v) is 2.09. The zero-order chi connectivity index (χ0) is 12.5. The van der Waals surface area contributed by atoms with Crippen molar-refractivity contribution < 1.29 is 14.6 Å². The standard InChI is InChI=1S/C9H8N2O5/c1-5-3-4-7(10(13)14)8(6(2)12)9(5)11(15)16/h3-4H,1-2H3. The van der Waals surface area contributed by atoms with Gasteiger partial charge in [0, 0.05) is 11.6 Å². The van der Waals surface area contributed by atoms with Crippen molar-refractivity contribution in [2.45, 2.75) is 13.8 Å². The van der Waals surface area contributed by atoms with Crippen molar-refractivity contribution in [1.82, 2.24) is 0 Å². The lowest BCUT2D eigenvalue weighted by atomic mass is 10.0. The largest absolute Gasteiger partial charge is 0.294 e. The monoisotopic (exact) mass is 224 g/mol. The van der Waals surface area contributed by atoms with Crippen molar-refractivity contribution >= 4 is 17.2 Å². The molecule has 1 rings (SSSR count). The van der Waals surface area contributed by atoms with Gasteiger partial charge in [-0.05, 0) is 19.9 Å². The molecular weight excluding hydrogens is 216 g/mol. The molecule has 0 spiro atoms. The van der Waals surface area contributed by atoms with Gasteiger partial charge >= 0.3 is 0 Å². The van der Waals surface area contributed by atoms with Crippen LogP contribution in [-0.2, 0) is 0 Å². The van der Waals surface area contributed by atoms with E-state index in [9.17, 15) is 25.0 Å². The lowest BCUT2D eigenvalue weighted by Gasteiger charge is -2.03. The number of benzene rings is 1. The van der Waals surface area contributed by atoms with E-state index in [0.717, 1.165) is 13.0 Å². The maximum atomic E-state index is 11.2. The first-order chi connectivity index (χ1) is 7.36. The minimum atomic E-state index is -0.802. The molecule has 7 heteroatoms. The molecule has 0 bridgehead atoms. The summed E-state index contributed by atoms with van der Waals surface area (Å²) in [6, 6.07) is 2.35. The number of carbonyl (C=O) groups is 1. The van der Waals surface area contributed by atoms with Gasteiger partial charge < -0.3 is 0 Å². The second kappa shape index (κ2) is 4.05. The Hall–Kier alpha value is -2.31. The second-order valence-electron chi connectivity index (χ2n) is 3.20. The Morgan fingerprint density at radius 1 is 1.19 bits per heavy atom. The van der Waals surface area contributed by atoms with E-state index >= 15 is 0 Å². The summed E-state index contributed by atoms with van der Waals surface area (Å²) in [5.74, 6) is -0.692. The molecule has 0 fully saturated rings. The number of nitro benzene ring substituents is 2. The van der Waals surface area contributed by atoms with Gasteiger partial charge in [-0.1, -0.05) is 0 Å². The summed E-state index contributed by atoms with van der Waals surface area (Å²) in [5, 5.41) is 21.4. The molecule has 0 amide bonds. The Kier molecular flexibility index (Phi) is 2.98. The molecule has 16 heavy (non-hydrogen) atoms. The Bertz CT molecular complexity index is 495. The zero-order valence-electron chi connectivity index (χ0n) is 8.59. The van der Waals surface area contributed by atoms with Crippen LogP contribution in [-0.4, -0.2) is 15.6 Å². The molecule has 7 nitrogen and oxygen atoms in total. The maximum Gasteiger partial charge on any atom is 0.290 e. The predicted octanol–water partition coefficient (Wildman–Crippen LogP) is 2.01. The van der Waals surface area contributed by atoms with Crippen LogP contribution in [0, 0.1) is 27.2 Å². The fourth-order valence-corrected chi connectivity index (χ4v) is 1.42. The van der Waals surface area contributed by atoms with E-state index in [4.69, 9.17) is 0 Å². The molecule has 0 N–H and O–H groups in total. The topological polar surface area (TPSA) is 103 Å². The number of Topliss-reactive ketones (excluding diaryl/α,β-unsaturated/α-hetero) is 1. The summed E-state index contributed by atoms with van der Waals surface area (Å²) in [4.78, 5) is 31.1. The summed E-state index contributed by atoms with van der Waals surface area (Å²) in [6.07, 6.45) is 0. The molecule has 0 radical (unpaired) electrons. The van der Waals surface area contributed by atoms with E-state index in [2.05, 4.69) is 0 Å². The normalized spacial score (nSPS) is 9.88. The van der Waals surface area contributed by atoms with Crippen LogP contribution in [0.15, 0.2) is 12.1 Å². The van der Waals surface area contributed by atoms with Crippen LogP contribution < -0.4 is 0 Å². The Morgan fingerprint density at radius 3 is 2.12 bits per heavy atom. The Morgan fingerprint density at radius 2 is 1.75 bits per heavy atom. The molecule has 0 unspecified atom stereocenters. The summed E-state index contributed by atoms with van der Waals surface area (Å²) in [5.41, 5.74) is -1.26. The van der Waals surface area contributed by atoms with Crippen LogP contribution in [0.25, 0.3) is 0 Å². The van der Waals surface area contributed by atoms with Gasteiger partial charge in [0.15, 0.2) is 11.3 Å². The minimum absolute atomic E-state index is 0.223. The number of ketones is 1. The van der Waals surface area contributed by atoms with E-state index in [1.807, 2.05) is 0 Å². The first-order valence-electron chi connectivity index (χ1n) is 4.29. The number of aryl methyl sites for hydroxylation is 1. The smallest absolute Gasteiger partial charge is 0.290 e. The first-order valence-corrected chi connectivity index (χ1v) is 4.29. The Labute approximate surface area is 90.0 Å². The summed E-state index contributed by atoms with van der Waals surface area (Å²) >= 11 is 0. The second-order valence-corrected chi connectivity index (χ2v) is 3.20. The van der Waals surface area contributed by atoms with E-state index in [0.29, 0.717) is 0 Å². The highest BCUT2D eigenvalue weighted by Gasteiger charge is 2.30. The van der Waals surface area contributed by atoms with Crippen molar-refractivity contribution in [2.24, 2.45) is 0 Å². The molecule has 1 aromatic carbocycles. The van der Waals surface area contributed by atoms with Crippen LogP contribution in [0.3, 0.4) is 0 Å². The van der Waals surface area contributed by atoms with Crippen LogP contribution in [0.4, 0.5) is 11.4 Å². The van der Waals surface area contributed by atoms with Crippen LogP contribution >= 0.6 is 0 Å². The van der Waals surface area contributed by atoms with Gasteiger partial charge in [0.25, 0.3) is 11.4 Å². The average Bonchev–Trinajstić information content (AvgIpc) is 2.15. The molecule has 0 aliphatic heterocycles. The molecule has 1 aromatic rings. The van der Waals surface area contributed by atoms with Gasteiger partial charge in [0.05, 0.1) is 9.85 Å². The maximum absolute atomic E-state index is 11.2. The van der Waals surface area contributed by atoms with E-state index < -0.39 is 32.6 Å². The fraction of sp³-hybridized carbons (Fsp3) is 0.222. The number of nitro groups is 2. The quantitative estimate of drug-likeness (QED) is 0.443. The van der Waals surface area contributed by atoms with E-state index in [1.54, 1.807) is 0 Å². The van der Waals surface area contributed by atoms with Crippen molar-refractivity contribution in [3.8, 4) is 0 Å². The van der Waals surface area contributed by atoms with Crippen LogP contribution in [0.2, 0.25) is 0 Å². The number of rotatable bonds is 3. The first kappa shape index (κ1) is 11.8. The van der Waals surface area contributed by atoms with Crippen LogP contribution in [0.5, 0.6) is 0 Å². The van der Waals surface area contributed by atoms with Crippen molar-refractivity contribution in [1.29, 1.82) is 0 Å². The van der Waals surface area contributed by atoms with Gasteiger partial charge in [-0.15, -0.1) is 0 Å². The minimum Gasteiger partial charge on any atom is -0.294 e. The highest BCUT2D eigenvalue weighted by Crippen LogP contribution is 2.31. The molecule has 84 valence electrons. The summed E-state index contributed by atoms with van der Waals surface area (Å²) in [7, 11) is 0. The van der Waals surface area contributed by atoms with Gasteiger partial charge in [0.1, 0.15) is 0 Å². The van der Waals surface area contributed by atoms with Crippen LogP contribution in [0.1, 0.15) is 22.8 Å². The van der Waals surface area contributed by atoms with Gasteiger partial charge in [0.2, 0.25) is 0 Å². The molecular formula is C9H8N2O5. The fourth-order valence-electron chi connectivity index (χ4n) is 1.42. The lowest BCUT2D eigenvalue weighted by molar-refractivity contribution is -0.394. The summed E-state index contributed by atoms with van der Waals surface area (Å²) in [6.45, 7) is 2.49. The van der Waals surface area contributed by atoms with Gasteiger partial charge in [-0.2, -0.15) is 0 Å². The zero-order valence-corrected chi connectivity index (χ0v) is 8.59. The van der Waals surface area contributed by atoms with Crippen molar-refractivity contribution in [3.63, 3.8) is 0 Å². The number of carbonyl (C=O) groups excluding carboxylic acids is 1. The average molecular weight is 224 g/mol. The molecule has 0 saturated carbocycles. The number of nitrogens with zero attached hydrogens (tertiary/aromatic N) is 2. The third-order valence-electron chi connectivity index (χ3n) is 2.09. The highest BCUT2D eigenvalue weighted by atomic mass is 16.6. The van der Waals surface area contributed by atoms with Gasteiger partial charge in [-0.3, -0.25) is 25.0 Å². The van der Waals surface area contributed by atoms with Crippen molar-refractivity contribution in [2.75, 3.05) is 0 Å². The third kappa shape index (κ3) is 1.88. The molecule has 0 atom stereocenters. The molecule has 0 aromatic heterocycles. The van der Waals surface area contributed by atoms with Crippen molar-refractivity contribution in [3.05, 3.63) is 43.5 Å². The molecule has 0 aliphatic rings. The molecule has 0 aliphatic carbocycles. The van der Waals surface area contributed by atoms with Gasteiger partial charge in [-0.25, -0.2) is 0 Å². The van der Waals surface area contributed by atoms with E-state index in [-0.39, 0.29) is 5.56 Å².